The molecule has 0 aliphatic heterocycles. The monoisotopic (exact) mass is 285 g/mol. The average Bonchev–Trinajstić information content (AvgIpc) is 2.86. The van der Waals surface area contributed by atoms with Gasteiger partial charge in [0.05, 0.1) is 0 Å². The summed E-state index contributed by atoms with van der Waals surface area (Å²) in [6, 6.07) is 8.72. The van der Waals surface area contributed by atoms with Crippen molar-refractivity contribution in [1.29, 1.82) is 0 Å². The van der Waals surface area contributed by atoms with E-state index in [0.717, 1.165) is 31.8 Å². The maximum Gasteiger partial charge on any atom is 0.108 e. The predicted octanol–water partition coefficient (Wildman–Crippen LogP) is 3.42. The lowest BCUT2D eigenvalue weighted by Crippen LogP contribution is -2.37. The maximum absolute atomic E-state index is 4.41. The lowest BCUT2D eigenvalue weighted by Gasteiger charge is -2.21. The molecule has 0 atom stereocenters. The second-order valence-corrected chi connectivity index (χ2v) is 6.52. The van der Waals surface area contributed by atoms with Gasteiger partial charge in [0.15, 0.2) is 0 Å². The highest BCUT2D eigenvalue weighted by Crippen LogP contribution is 2.13. The third-order valence-corrected chi connectivity index (χ3v) is 3.63. The first-order valence-electron chi connectivity index (χ1n) is 7.81. The van der Waals surface area contributed by atoms with E-state index in [9.17, 15) is 0 Å². The van der Waals surface area contributed by atoms with Crippen LogP contribution in [0.1, 0.15) is 44.6 Å². The SMILES string of the molecule is CCc1nccn1Cc1ccccc1CCNC(C)(C)C. The number of rotatable bonds is 6. The normalized spacial score (nSPS) is 11.8. The van der Waals surface area contributed by atoms with Crippen LogP contribution in [0, 0.1) is 0 Å². The third kappa shape index (κ3) is 4.71. The zero-order valence-corrected chi connectivity index (χ0v) is 13.7. The fourth-order valence-corrected chi connectivity index (χ4v) is 2.51. The van der Waals surface area contributed by atoms with E-state index in [1.54, 1.807) is 0 Å². The Labute approximate surface area is 128 Å². The third-order valence-electron chi connectivity index (χ3n) is 3.63. The van der Waals surface area contributed by atoms with Crippen molar-refractivity contribution in [2.75, 3.05) is 6.54 Å². The van der Waals surface area contributed by atoms with E-state index >= 15 is 0 Å². The van der Waals surface area contributed by atoms with Crippen molar-refractivity contribution >= 4 is 0 Å². The largest absolute Gasteiger partial charge is 0.331 e. The zero-order valence-electron chi connectivity index (χ0n) is 13.7. The molecule has 3 heteroatoms. The quantitative estimate of drug-likeness (QED) is 0.881. The topological polar surface area (TPSA) is 29.9 Å². The van der Waals surface area contributed by atoms with Gasteiger partial charge in [0.2, 0.25) is 0 Å². The van der Waals surface area contributed by atoms with Crippen LogP contribution in [0.2, 0.25) is 0 Å². The van der Waals surface area contributed by atoms with E-state index in [-0.39, 0.29) is 5.54 Å². The molecule has 1 aromatic heterocycles. The molecule has 0 radical (unpaired) electrons. The summed E-state index contributed by atoms with van der Waals surface area (Å²) < 4.78 is 2.25. The number of aromatic nitrogens is 2. The summed E-state index contributed by atoms with van der Waals surface area (Å²) in [5, 5.41) is 3.56. The average molecular weight is 285 g/mol. The lowest BCUT2D eigenvalue weighted by atomic mass is 10.0. The van der Waals surface area contributed by atoms with Gasteiger partial charge >= 0.3 is 0 Å². The number of imidazole rings is 1. The summed E-state index contributed by atoms with van der Waals surface area (Å²) in [5.41, 5.74) is 2.99. The first-order chi connectivity index (χ1) is 9.99. The number of nitrogens with zero attached hydrogens (tertiary/aromatic N) is 2. The molecule has 0 bridgehead atoms. The summed E-state index contributed by atoms with van der Waals surface area (Å²) >= 11 is 0. The number of benzene rings is 1. The van der Waals surface area contributed by atoms with Gasteiger partial charge in [0, 0.05) is 30.9 Å². The number of hydrogen-bond acceptors (Lipinski definition) is 2. The highest BCUT2D eigenvalue weighted by molar-refractivity contribution is 5.28. The Morgan fingerprint density at radius 1 is 1.14 bits per heavy atom. The summed E-state index contributed by atoms with van der Waals surface area (Å²) in [5.74, 6) is 1.15. The Hall–Kier alpha value is -1.61. The first kappa shape index (κ1) is 15.8. The highest BCUT2D eigenvalue weighted by Gasteiger charge is 2.09. The van der Waals surface area contributed by atoms with E-state index in [2.05, 4.69) is 73.0 Å². The molecule has 0 unspecified atom stereocenters. The molecule has 0 saturated heterocycles. The van der Waals surface area contributed by atoms with Crippen LogP contribution in [0.25, 0.3) is 0 Å². The van der Waals surface area contributed by atoms with Gasteiger partial charge in [-0.25, -0.2) is 4.98 Å². The van der Waals surface area contributed by atoms with Crippen LogP contribution in [-0.2, 0) is 19.4 Å². The molecule has 0 spiro atoms. The summed E-state index contributed by atoms with van der Waals surface area (Å²) in [4.78, 5) is 4.41. The molecule has 0 fully saturated rings. The fourth-order valence-electron chi connectivity index (χ4n) is 2.51. The van der Waals surface area contributed by atoms with E-state index in [1.807, 2.05) is 6.20 Å². The van der Waals surface area contributed by atoms with Gasteiger partial charge in [-0.2, -0.15) is 0 Å². The molecule has 0 aliphatic rings. The van der Waals surface area contributed by atoms with E-state index < -0.39 is 0 Å². The molecule has 2 rings (SSSR count). The summed E-state index contributed by atoms with van der Waals surface area (Å²) in [7, 11) is 0. The van der Waals surface area contributed by atoms with Gasteiger partial charge in [-0.15, -0.1) is 0 Å². The van der Waals surface area contributed by atoms with Crippen LogP contribution >= 0.6 is 0 Å². The van der Waals surface area contributed by atoms with E-state index in [1.165, 1.54) is 11.1 Å². The summed E-state index contributed by atoms with van der Waals surface area (Å²) in [6.45, 7) is 10.7. The van der Waals surface area contributed by atoms with Crippen molar-refractivity contribution in [2.24, 2.45) is 0 Å². The molecule has 21 heavy (non-hydrogen) atoms. The lowest BCUT2D eigenvalue weighted by molar-refractivity contribution is 0.429. The molecule has 3 nitrogen and oxygen atoms in total. The molecule has 114 valence electrons. The van der Waals surface area contributed by atoms with Crippen molar-refractivity contribution in [3.8, 4) is 0 Å². The molecule has 0 amide bonds. The van der Waals surface area contributed by atoms with Crippen LogP contribution in [0.4, 0.5) is 0 Å². The Morgan fingerprint density at radius 3 is 2.52 bits per heavy atom. The van der Waals surface area contributed by atoms with Crippen molar-refractivity contribution in [3.05, 3.63) is 53.6 Å². The second-order valence-electron chi connectivity index (χ2n) is 6.52. The van der Waals surface area contributed by atoms with E-state index in [0.29, 0.717) is 0 Å². The minimum Gasteiger partial charge on any atom is -0.331 e. The van der Waals surface area contributed by atoms with Gasteiger partial charge in [-0.3, -0.25) is 0 Å². The highest BCUT2D eigenvalue weighted by atomic mass is 15.1. The van der Waals surface area contributed by atoms with Crippen LogP contribution in [0.3, 0.4) is 0 Å². The standard InChI is InChI=1S/C18H27N3/c1-5-17-19-12-13-21(17)14-16-9-7-6-8-15(16)10-11-20-18(2,3)4/h6-9,12-13,20H,5,10-11,14H2,1-4H3. The smallest absolute Gasteiger partial charge is 0.108 e. The molecule has 1 N–H and O–H groups in total. The second kappa shape index (κ2) is 6.90. The van der Waals surface area contributed by atoms with Gasteiger partial charge in [-0.1, -0.05) is 31.2 Å². The number of aryl methyl sites for hydroxylation is 1. The van der Waals surface area contributed by atoms with Crippen LogP contribution < -0.4 is 5.32 Å². The Bertz CT molecular complexity index is 564. The Morgan fingerprint density at radius 2 is 1.86 bits per heavy atom. The van der Waals surface area contributed by atoms with Crippen LogP contribution in [-0.4, -0.2) is 21.6 Å². The summed E-state index contributed by atoms with van der Waals surface area (Å²) in [6.07, 6.45) is 6.00. The van der Waals surface area contributed by atoms with Gasteiger partial charge in [0.25, 0.3) is 0 Å². The fraction of sp³-hybridized carbons (Fsp3) is 0.500. The molecular formula is C18H27N3. The van der Waals surface area contributed by atoms with E-state index in [4.69, 9.17) is 0 Å². The van der Waals surface area contributed by atoms with Crippen molar-refractivity contribution in [1.82, 2.24) is 14.9 Å². The predicted molar refractivity (Wildman–Crippen MR) is 88.6 cm³/mol. The molecule has 0 saturated carbocycles. The van der Waals surface area contributed by atoms with Crippen LogP contribution in [0.5, 0.6) is 0 Å². The molecular weight excluding hydrogens is 258 g/mol. The minimum absolute atomic E-state index is 0.175. The van der Waals surface area contributed by atoms with Crippen molar-refractivity contribution < 1.29 is 0 Å². The molecule has 1 heterocycles. The van der Waals surface area contributed by atoms with Crippen molar-refractivity contribution in [2.45, 2.75) is 52.6 Å². The van der Waals surface area contributed by atoms with Crippen molar-refractivity contribution in [3.63, 3.8) is 0 Å². The van der Waals surface area contributed by atoms with Gasteiger partial charge in [0.1, 0.15) is 5.82 Å². The zero-order chi connectivity index (χ0) is 15.3. The first-order valence-corrected chi connectivity index (χ1v) is 7.81. The number of hydrogen-bond donors (Lipinski definition) is 1. The molecule has 1 aromatic carbocycles. The minimum atomic E-state index is 0.175. The maximum atomic E-state index is 4.41. The van der Waals surface area contributed by atoms with Gasteiger partial charge < -0.3 is 9.88 Å². The number of nitrogens with one attached hydrogen (secondary N) is 1. The molecule has 2 aromatic rings. The molecule has 0 aliphatic carbocycles. The van der Waals surface area contributed by atoms with Gasteiger partial charge in [-0.05, 0) is 44.9 Å². The van der Waals surface area contributed by atoms with Crippen LogP contribution in [0.15, 0.2) is 36.7 Å². The Balaban J connectivity index is 2.06. The Kier molecular flexibility index (Phi) is 5.18.